The molecule has 1 aliphatic heterocycles. The highest BCUT2D eigenvalue weighted by Gasteiger charge is 2.21. The fourth-order valence-corrected chi connectivity index (χ4v) is 2.37. The summed E-state index contributed by atoms with van der Waals surface area (Å²) in [4.78, 5) is 2.49. The third kappa shape index (κ3) is 4.40. The molecule has 0 spiro atoms. The van der Waals surface area contributed by atoms with Crippen molar-refractivity contribution in [2.45, 2.75) is 38.1 Å². The van der Waals surface area contributed by atoms with E-state index in [1.54, 1.807) is 0 Å². The van der Waals surface area contributed by atoms with E-state index in [1.165, 1.54) is 45.2 Å². The Hall–Kier alpha value is -0.120. The van der Waals surface area contributed by atoms with Crippen molar-refractivity contribution >= 4 is 0 Å². The van der Waals surface area contributed by atoms with Crippen molar-refractivity contribution in [3.8, 4) is 0 Å². The highest BCUT2D eigenvalue weighted by Crippen LogP contribution is 2.28. The Morgan fingerprint density at radius 3 is 2.88 bits per heavy atom. The average molecular weight is 226 g/mol. The molecule has 2 fully saturated rings. The molecule has 2 aliphatic rings. The molecule has 1 atom stereocenters. The zero-order chi connectivity index (χ0) is 11.2. The normalized spacial score (nSPS) is 27.0. The number of ether oxygens (including phenoxy) is 1. The van der Waals surface area contributed by atoms with Crippen molar-refractivity contribution in [1.82, 2.24) is 10.2 Å². The Kier molecular flexibility index (Phi) is 5.07. The third-order valence-electron chi connectivity index (χ3n) is 3.81. The summed E-state index contributed by atoms with van der Waals surface area (Å²) in [6, 6.07) is 0.763. The van der Waals surface area contributed by atoms with E-state index in [0.717, 1.165) is 31.7 Å². The molecule has 16 heavy (non-hydrogen) atoms. The molecule has 1 saturated carbocycles. The molecule has 1 unspecified atom stereocenters. The Morgan fingerprint density at radius 1 is 1.19 bits per heavy atom. The first-order chi connectivity index (χ1) is 7.86. The van der Waals surface area contributed by atoms with Crippen molar-refractivity contribution in [2.75, 3.05) is 39.9 Å². The molecule has 0 aromatic rings. The molecule has 0 aromatic carbocycles. The average Bonchev–Trinajstić information content (AvgIpc) is 3.10. The van der Waals surface area contributed by atoms with Gasteiger partial charge in [0, 0.05) is 19.2 Å². The zero-order valence-corrected chi connectivity index (χ0v) is 10.6. The van der Waals surface area contributed by atoms with Crippen molar-refractivity contribution in [1.29, 1.82) is 0 Å². The molecule has 2 rings (SSSR count). The second kappa shape index (κ2) is 6.58. The monoisotopic (exact) mass is 226 g/mol. The van der Waals surface area contributed by atoms with E-state index in [-0.39, 0.29) is 0 Å². The summed E-state index contributed by atoms with van der Waals surface area (Å²) in [5.41, 5.74) is 0. The molecule has 1 heterocycles. The first-order valence-corrected chi connectivity index (χ1v) is 6.85. The summed E-state index contributed by atoms with van der Waals surface area (Å²) >= 11 is 0. The van der Waals surface area contributed by atoms with Crippen LogP contribution in [-0.4, -0.2) is 50.8 Å². The largest absolute Gasteiger partial charge is 0.380 e. The van der Waals surface area contributed by atoms with E-state index >= 15 is 0 Å². The number of hydrogen-bond acceptors (Lipinski definition) is 3. The summed E-state index contributed by atoms with van der Waals surface area (Å²) in [5.74, 6) is 0.896. The van der Waals surface area contributed by atoms with E-state index < -0.39 is 0 Å². The van der Waals surface area contributed by atoms with E-state index in [4.69, 9.17) is 4.74 Å². The van der Waals surface area contributed by atoms with Gasteiger partial charge in [0.15, 0.2) is 0 Å². The first-order valence-electron chi connectivity index (χ1n) is 6.85. The van der Waals surface area contributed by atoms with Gasteiger partial charge in [-0.15, -0.1) is 0 Å². The molecule has 0 aromatic heterocycles. The molecule has 3 nitrogen and oxygen atoms in total. The summed E-state index contributed by atoms with van der Waals surface area (Å²) in [7, 11) is 2.25. The Balaban J connectivity index is 1.55. The molecule has 1 aliphatic carbocycles. The van der Waals surface area contributed by atoms with Crippen LogP contribution in [0, 0.1) is 5.92 Å². The van der Waals surface area contributed by atoms with Gasteiger partial charge >= 0.3 is 0 Å². The van der Waals surface area contributed by atoms with Crippen LogP contribution in [0.25, 0.3) is 0 Å². The van der Waals surface area contributed by atoms with Gasteiger partial charge < -0.3 is 15.0 Å². The van der Waals surface area contributed by atoms with Gasteiger partial charge in [-0.1, -0.05) is 0 Å². The van der Waals surface area contributed by atoms with E-state index in [0.29, 0.717) is 0 Å². The van der Waals surface area contributed by atoms with Crippen LogP contribution in [0.15, 0.2) is 0 Å². The van der Waals surface area contributed by atoms with Crippen LogP contribution >= 0.6 is 0 Å². The number of nitrogens with one attached hydrogen (secondary N) is 1. The molecular weight excluding hydrogens is 200 g/mol. The maximum atomic E-state index is 5.69. The predicted molar refractivity (Wildman–Crippen MR) is 66.7 cm³/mol. The molecule has 3 heteroatoms. The lowest BCUT2D eigenvalue weighted by atomic mass is 10.1. The lowest BCUT2D eigenvalue weighted by Gasteiger charge is -2.26. The zero-order valence-electron chi connectivity index (χ0n) is 10.6. The molecule has 1 saturated heterocycles. The Labute approximate surface area is 99.5 Å². The Bertz CT molecular complexity index is 186. The summed E-state index contributed by atoms with van der Waals surface area (Å²) in [5, 5.41) is 3.46. The van der Waals surface area contributed by atoms with Crippen molar-refractivity contribution in [3.05, 3.63) is 0 Å². The van der Waals surface area contributed by atoms with E-state index in [2.05, 4.69) is 17.3 Å². The van der Waals surface area contributed by atoms with Gasteiger partial charge in [0.25, 0.3) is 0 Å². The van der Waals surface area contributed by atoms with Crippen LogP contribution in [0.5, 0.6) is 0 Å². The quantitative estimate of drug-likeness (QED) is 0.694. The second-order valence-electron chi connectivity index (χ2n) is 5.33. The smallest absolute Gasteiger partial charge is 0.0593 e. The minimum Gasteiger partial charge on any atom is -0.380 e. The number of nitrogens with zero attached hydrogens (tertiary/aromatic N) is 1. The predicted octanol–water partition coefficient (Wildman–Crippen LogP) is 1.49. The van der Waals surface area contributed by atoms with Gasteiger partial charge in [-0.3, -0.25) is 0 Å². The van der Waals surface area contributed by atoms with E-state index in [1.807, 2.05) is 0 Å². The summed E-state index contributed by atoms with van der Waals surface area (Å²) < 4.78 is 5.69. The lowest BCUT2D eigenvalue weighted by Crippen LogP contribution is -2.35. The number of hydrogen-bond donors (Lipinski definition) is 1. The van der Waals surface area contributed by atoms with Crippen molar-refractivity contribution in [2.24, 2.45) is 5.92 Å². The topological polar surface area (TPSA) is 24.5 Å². The molecule has 1 N–H and O–H groups in total. The highest BCUT2D eigenvalue weighted by molar-refractivity contribution is 4.74. The minimum absolute atomic E-state index is 0.763. The van der Waals surface area contributed by atoms with Crippen LogP contribution in [0.1, 0.15) is 32.1 Å². The fourth-order valence-electron chi connectivity index (χ4n) is 2.37. The van der Waals surface area contributed by atoms with Gasteiger partial charge in [-0.05, 0) is 58.2 Å². The second-order valence-corrected chi connectivity index (χ2v) is 5.33. The van der Waals surface area contributed by atoms with Crippen LogP contribution in [0.4, 0.5) is 0 Å². The van der Waals surface area contributed by atoms with Crippen LogP contribution in [0.3, 0.4) is 0 Å². The van der Waals surface area contributed by atoms with Gasteiger partial charge in [0.1, 0.15) is 0 Å². The van der Waals surface area contributed by atoms with Gasteiger partial charge in [-0.25, -0.2) is 0 Å². The molecule has 94 valence electrons. The number of likely N-dealkylation sites (N-methyl/N-ethyl adjacent to an activating group) is 1. The highest BCUT2D eigenvalue weighted by atomic mass is 16.5. The van der Waals surface area contributed by atoms with E-state index in [9.17, 15) is 0 Å². The molecular formula is C13H26N2O. The number of rotatable bonds is 6. The molecule has 0 radical (unpaired) electrons. The van der Waals surface area contributed by atoms with Gasteiger partial charge in [-0.2, -0.15) is 0 Å². The van der Waals surface area contributed by atoms with Gasteiger partial charge in [0.2, 0.25) is 0 Å². The van der Waals surface area contributed by atoms with Crippen LogP contribution in [0.2, 0.25) is 0 Å². The lowest BCUT2D eigenvalue weighted by molar-refractivity contribution is 0.0890. The molecule has 0 amide bonds. The van der Waals surface area contributed by atoms with Crippen molar-refractivity contribution < 1.29 is 4.74 Å². The first kappa shape index (κ1) is 12.3. The minimum atomic E-state index is 0.763. The maximum absolute atomic E-state index is 5.69. The maximum Gasteiger partial charge on any atom is 0.0593 e. The van der Waals surface area contributed by atoms with Crippen LogP contribution < -0.4 is 5.32 Å². The fraction of sp³-hybridized carbons (Fsp3) is 1.00. The van der Waals surface area contributed by atoms with Gasteiger partial charge in [0.05, 0.1) is 6.61 Å². The third-order valence-corrected chi connectivity index (χ3v) is 3.81. The summed E-state index contributed by atoms with van der Waals surface area (Å²) in [6.07, 6.45) is 6.73. The summed E-state index contributed by atoms with van der Waals surface area (Å²) in [6.45, 7) is 5.38. The Morgan fingerprint density at radius 2 is 2.06 bits per heavy atom. The van der Waals surface area contributed by atoms with Crippen LogP contribution in [-0.2, 0) is 4.74 Å². The van der Waals surface area contributed by atoms with Crippen molar-refractivity contribution in [3.63, 3.8) is 0 Å². The SMILES string of the molecule is CN(CCOCC1CC1)C1CCCNCC1. The standard InChI is InChI=1S/C13H26N2O/c1-15(9-10-16-11-12-4-5-12)13-3-2-7-14-8-6-13/h12-14H,2-11H2,1H3. The molecule has 0 bridgehead atoms.